The molecule has 0 aliphatic carbocycles. The van der Waals surface area contributed by atoms with Crippen molar-refractivity contribution in [2.75, 3.05) is 13.2 Å². The molecule has 11 nitrogen and oxygen atoms in total. The van der Waals surface area contributed by atoms with Gasteiger partial charge in [0.15, 0.2) is 6.10 Å². The standard InChI is InChI=1S/C63H66O11S/c1-46(64)72-61-59(70-42-52-33-19-7-20-34-52)57(68-40-50-29-15-5-16-30-50)55(45-66-38-48-25-11-3-12-26-48)74-63(61)75-62-60(71-43-53-35-21-8-22-36-53)58(69-41-51-31-17-6-18-32-51)56(67-39-49-27-13-4-14-28-49)54(73-62)44-65-37-47-23-9-2-10-24-47/h2-36,54-63H,37-45H2,1H3/t54-,55-,56-,57-,58+,59+,60-,61-,62-,63-/m1/s1. The third-order valence-electron chi connectivity index (χ3n) is 13.0. The van der Waals surface area contributed by atoms with E-state index in [4.69, 9.17) is 47.4 Å². The molecule has 2 saturated heterocycles. The highest BCUT2D eigenvalue weighted by atomic mass is 32.2. The van der Waals surface area contributed by atoms with E-state index in [0.29, 0.717) is 13.2 Å². The van der Waals surface area contributed by atoms with Crippen molar-refractivity contribution in [3.63, 3.8) is 0 Å². The fourth-order valence-electron chi connectivity index (χ4n) is 9.22. The molecular formula is C63H66O11S. The molecule has 12 heteroatoms. The van der Waals surface area contributed by atoms with Crippen LogP contribution >= 0.6 is 11.8 Å². The van der Waals surface area contributed by atoms with Crippen LogP contribution < -0.4 is 0 Å². The smallest absolute Gasteiger partial charge is 0.303 e. The van der Waals surface area contributed by atoms with Crippen LogP contribution in [0, 0.1) is 0 Å². The Morgan fingerprint density at radius 3 is 0.907 bits per heavy atom. The molecular weight excluding hydrogens is 965 g/mol. The summed E-state index contributed by atoms with van der Waals surface area (Å²) in [5, 5.41) is 0. The summed E-state index contributed by atoms with van der Waals surface area (Å²) < 4.78 is 69.0. The zero-order valence-electron chi connectivity index (χ0n) is 42.2. The van der Waals surface area contributed by atoms with Crippen molar-refractivity contribution in [1.29, 1.82) is 0 Å². The Balaban J connectivity index is 1.10. The predicted octanol–water partition coefficient (Wildman–Crippen LogP) is 11.5. The molecule has 2 aliphatic heterocycles. The van der Waals surface area contributed by atoms with Crippen LogP contribution in [0.2, 0.25) is 0 Å². The van der Waals surface area contributed by atoms with E-state index in [1.807, 2.05) is 212 Å². The van der Waals surface area contributed by atoms with Gasteiger partial charge in [-0.15, -0.1) is 0 Å². The predicted molar refractivity (Wildman–Crippen MR) is 288 cm³/mol. The van der Waals surface area contributed by atoms with Gasteiger partial charge in [0, 0.05) is 6.92 Å². The van der Waals surface area contributed by atoms with Crippen molar-refractivity contribution >= 4 is 17.7 Å². The Morgan fingerprint density at radius 1 is 0.347 bits per heavy atom. The van der Waals surface area contributed by atoms with E-state index < -0.39 is 65.7 Å². The van der Waals surface area contributed by atoms with Crippen LogP contribution in [0.25, 0.3) is 0 Å². The number of benzene rings is 7. The molecule has 390 valence electrons. The summed E-state index contributed by atoms with van der Waals surface area (Å²) >= 11 is 1.36. The minimum Gasteiger partial charge on any atom is -0.456 e. The van der Waals surface area contributed by atoms with Crippen molar-refractivity contribution in [3.05, 3.63) is 251 Å². The maximum atomic E-state index is 13.5. The number of thioether (sulfide) groups is 1. The fraction of sp³-hybridized carbons (Fsp3) is 0.317. The van der Waals surface area contributed by atoms with E-state index in [2.05, 4.69) is 0 Å². The molecule has 7 aromatic rings. The van der Waals surface area contributed by atoms with Crippen LogP contribution in [0.3, 0.4) is 0 Å². The number of hydrogen-bond donors (Lipinski definition) is 0. The van der Waals surface area contributed by atoms with Crippen LogP contribution in [0.4, 0.5) is 0 Å². The van der Waals surface area contributed by atoms with Gasteiger partial charge in [-0.05, 0) is 38.9 Å². The van der Waals surface area contributed by atoms with Gasteiger partial charge in [0.1, 0.15) is 53.6 Å². The zero-order chi connectivity index (χ0) is 51.3. The van der Waals surface area contributed by atoms with Crippen molar-refractivity contribution < 1.29 is 52.2 Å². The number of rotatable bonds is 26. The number of hydrogen-bond acceptors (Lipinski definition) is 12. The van der Waals surface area contributed by atoms with Gasteiger partial charge in [0.05, 0.1) is 59.5 Å². The first kappa shape index (κ1) is 53.8. The van der Waals surface area contributed by atoms with Gasteiger partial charge in [0.25, 0.3) is 0 Å². The molecule has 0 saturated carbocycles. The minimum atomic E-state index is -0.996. The molecule has 2 fully saturated rings. The minimum absolute atomic E-state index is 0.136. The lowest BCUT2D eigenvalue weighted by molar-refractivity contribution is -0.259. The van der Waals surface area contributed by atoms with Gasteiger partial charge in [-0.3, -0.25) is 4.79 Å². The van der Waals surface area contributed by atoms with Crippen LogP contribution in [0.1, 0.15) is 45.9 Å². The van der Waals surface area contributed by atoms with Crippen LogP contribution in [-0.2, 0) is 98.4 Å². The highest BCUT2D eigenvalue weighted by Gasteiger charge is 2.54. The van der Waals surface area contributed by atoms with E-state index in [9.17, 15) is 4.79 Å². The summed E-state index contributed by atoms with van der Waals surface area (Å²) in [5.41, 5.74) is 5.18. The lowest BCUT2D eigenvalue weighted by Gasteiger charge is -2.49. The van der Waals surface area contributed by atoms with E-state index in [1.54, 1.807) is 0 Å². The second-order valence-electron chi connectivity index (χ2n) is 18.6. The first-order valence-corrected chi connectivity index (χ1v) is 26.6. The lowest BCUT2D eigenvalue weighted by Crippen LogP contribution is -2.63. The molecule has 0 bridgehead atoms. The Bertz CT molecular complexity index is 2680. The summed E-state index contributed by atoms with van der Waals surface area (Å²) in [6.07, 6.45) is -6.09. The van der Waals surface area contributed by atoms with Crippen molar-refractivity contribution in [1.82, 2.24) is 0 Å². The number of carbonyl (C=O) groups excluding carboxylic acids is 1. The van der Waals surface area contributed by atoms with Crippen molar-refractivity contribution in [3.8, 4) is 0 Å². The van der Waals surface area contributed by atoms with Crippen LogP contribution in [-0.4, -0.2) is 78.9 Å². The molecule has 75 heavy (non-hydrogen) atoms. The molecule has 0 N–H and O–H groups in total. The quantitative estimate of drug-likeness (QED) is 0.0482. The van der Waals surface area contributed by atoms with Gasteiger partial charge in [-0.1, -0.05) is 224 Å². The molecule has 9 rings (SSSR count). The summed E-state index contributed by atoms with van der Waals surface area (Å²) in [6, 6.07) is 70.0. The van der Waals surface area contributed by atoms with Gasteiger partial charge < -0.3 is 47.4 Å². The van der Waals surface area contributed by atoms with E-state index >= 15 is 0 Å². The molecule has 2 aliphatic rings. The molecule has 2 heterocycles. The van der Waals surface area contributed by atoms with E-state index in [0.717, 1.165) is 38.9 Å². The summed E-state index contributed by atoms with van der Waals surface area (Å²) in [5.74, 6) is -0.504. The van der Waals surface area contributed by atoms with E-state index in [-0.39, 0.29) is 46.2 Å². The molecule has 7 aromatic carbocycles. The van der Waals surface area contributed by atoms with Crippen LogP contribution in [0.5, 0.6) is 0 Å². The van der Waals surface area contributed by atoms with Gasteiger partial charge >= 0.3 is 5.97 Å². The molecule has 0 radical (unpaired) electrons. The maximum absolute atomic E-state index is 13.5. The molecule has 0 spiro atoms. The van der Waals surface area contributed by atoms with Crippen molar-refractivity contribution in [2.24, 2.45) is 0 Å². The number of carbonyl (C=O) groups is 1. The largest absolute Gasteiger partial charge is 0.456 e. The maximum Gasteiger partial charge on any atom is 0.303 e. The SMILES string of the molecule is CC(=O)O[C@@H]1[C@@H](OCc2ccccc2)[C@H](OCc2ccccc2)[C@@H](COCc2ccccc2)O[C@@H]1S[C@H]1O[C@H](COCc2ccccc2)[C@@H](OCc2ccccc2)[C@H](OCc2ccccc2)[C@H]1OCc1ccccc1. The first-order chi connectivity index (χ1) is 37.0. The highest BCUT2D eigenvalue weighted by molar-refractivity contribution is 8.00. The van der Waals surface area contributed by atoms with Crippen LogP contribution in [0.15, 0.2) is 212 Å². The fourth-order valence-corrected chi connectivity index (χ4v) is 10.7. The average Bonchev–Trinajstić information content (AvgIpc) is 3.45. The molecule has 0 aromatic heterocycles. The Kier molecular flexibility index (Phi) is 20.6. The summed E-state index contributed by atoms with van der Waals surface area (Å²) in [4.78, 5) is 13.5. The zero-order valence-corrected chi connectivity index (χ0v) is 43.1. The lowest BCUT2D eigenvalue weighted by atomic mass is 9.98. The first-order valence-electron chi connectivity index (χ1n) is 25.7. The molecule has 0 amide bonds. The van der Waals surface area contributed by atoms with Gasteiger partial charge in [-0.2, -0.15) is 0 Å². The highest BCUT2D eigenvalue weighted by Crippen LogP contribution is 2.42. The Hall–Kier alpha value is -6.00. The second kappa shape index (κ2) is 28.8. The second-order valence-corrected chi connectivity index (χ2v) is 19.8. The van der Waals surface area contributed by atoms with E-state index in [1.165, 1.54) is 18.7 Å². The normalized spacial score (nSPS) is 23.6. The van der Waals surface area contributed by atoms with Gasteiger partial charge in [0.2, 0.25) is 0 Å². The monoisotopic (exact) mass is 1030 g/mol. The average molecular weight is 1030 g/mol. The third kappa shape index (κ3) is 16.3. The third-order valence-corrected chi connectivity index (χ3v) is 14.3. The number of esters is 1. The Labute approximate surface area is 445 Å². The molecule has 10 atom stereocenters. The summed E-state index contributed by atoms with van der Waals surface area (Å²) in [7, 11) is 0. The molecule has 0 unspecified atom stereocenters. The Morgan fingerprint density at radius 2 is 0.600 bits per heavy atom. The topological polar surface area (TPSA) is 109 Å². The van der Waals surface area contributed by atoms with Crippen molar-refractivity contribution in [2.45, 2.75) is 113 Å². The number of ether oxygens (including phenoxy) is 10. The summed E-state index contributed by atoms with van der Waals surface area (Å²) in [6.45, 7) is 3.64. The van der Waals surface area contributed by atoms with Gasteiger partial charge in [-0.25, -0.2) is 0 Å².